The molecule has 0 unspecified atom stereocenters. The van der Waals surface area contributed by atoms with Gasteiger partial charge in [-0.1, -0.05) is 48.5 Å². The normalized spacial score (nSPS) is 11.1. The summed E-state index contributed by atoms with van der Waals surface area (Å²) in [6, 6.07) is 22.3. The summed E-state index contributed by atoms with van der Waals surface area (Å²) in [6.07, 6.45) is 1.64. The monoisotopic (exact) mass is 412 g/mol. The highest BCUT2D eigenvalue weighted by Gasteiger charge is 2.20. The van der Waals surface area contributed by atoms with Crippen LogP contribution in [0.15, 0.2) is 89.9 Å². The Morgan fingerprint density at radius 3 is 2.52 bits per heavy atom. The summed E-state index contributed by atoms with van der Waals surface area (Å²) >= 11 is 0. The summed E-state index contributed by atoms with van der Waals surface area (Å²) in [4.78, 5) is 30.8. The molecule has 1 N–H and O–H groups in total. The van der Waals surface area contributed by atoms with Crippen LogP contribution in [0.25, 0.3) is 16.7 Å². The third-order valence-electron chi connectivity index (χ3n) is 5.11. The van der Waals surface area contributed by atoms with Gasteiger partial charge in [-0.05, 0) is 35.9 Å². The van der Waals surface area contributed by atoms with E-state index in [0.717, 1.165) is 5.56 Å². The van der Waals surface area contributed by atoms with E-state index >= 15 is 0 Å². The van der Waals surface area contributed by atoms with E-state index < -0.39 is 11.7 Å². The first-order valence-electron chi connectivity index (χ1n) is 9.72. The number of hydrogen-bond donors (Lipinski definition) is 1. The maximum atomic E-state index is 14.1. The SMILES string of the molecule is O=C(Nc1ccccc1F)c1cc2c(=O)n3ccccc3nc2n1Cc1ccccc1. The number of fused-ring (bicyclic) bond motifs is 2. The van der Waals surface area contributed by atoms with E-state index in [1.54, 1.807) is 41.1 Å². The van der Waals surface area contributed by atoms with Crippen molar-refractivity contribution in [3.05, 3.63) is 112 Å². The first-order valence-corrected chi connectivity index (χ1v) is 9.72. The highest BCUT2D eigenvalue weighted by Crippen LogP contribution is 2.21. The molecule has 7 heteroatoms. The van der Waals surface area contributed by atoms with Crippen molar-refractivity contribution in [1.82, 2.24) is 14.0 Å². The van der Waals surface area contributed by atoms with Crippen molar-refractivity contribution < 1.29 is 9.18 Å². The zero-order valence-corrected chi connectivity index (χ0v) is 16.3. The van der Waals surface area contributed by atoms with E-state index in [0.29, 0.717) is 23.2 Å². The number of nitrogens with zero attached hydrogens (tertiary/aromatic N) is 3. The lowest BCUT2D eigenvalue weighted by atomic mass is 10.2. The van der Waals surface area contributed by atoms with Gasteiger partial charge in [-0.25, -0.2) is 9.37 Å². The summed E-state index contributed by atoms with van der Waals surface area (Å²) in [5.41, 5.74) is 1.84. The van der Waals surface area contributed by atoms with Crippen molar-refractivity contribution in [2.45, 2.75) is 6.54 Å². The fraction of sp³-hybridized carbons (Fsp3) is 0.0417. The number of carbonyl (C=O) groups excluding carboxylic acids is 1. The molecule has 0 radical (unpaired) electrons. The van der Waals surface area contributed by atoms with Crippen molar-refractivity contribution in [3.63, 3.8) is 0 Å². The molecule has 152 valence electrons. The van der Waals surface area contributed by atoms with Crippen LogP contribution in [0.4, 0.5) is 10.1 Å². The van der Waals surface area contributed by atoms with Gasteiger partial charge in [0.25, 0.3) is 11.5 Å². The standard InChI is InChI=1S/C24H17FN4O2/c25-18-10-4-5-11-19(18)26-23(30)20-14-17-22(29(20)15-16-8-2-1-3-9-16)27-21-12-6-7-13-28(21)24(17)31/h1-14H,15H2,(H,26,30). The molecule has 3 heterocycles. The average molecular weight is 412 g/mol. The summed E-state index contributed by atoms with van der Waals surface area (Å²) in [7, 11) is 0. The molecule has 0 fully saturated rings. The van der Waals surface area contributed by atoms with Gasteiger partial charge in [-0.2, -0.15) is 0 Å². The van der Waals surface area contributed by atoms with E-state index in [4.69, 9.17) is 0 Å². The molecule has 6 nitrogen and oxygen atoms in total. The Morgan fingerprint density at radius 1 is 0.968 bits per heavy atom. The molecule has 0 saturated heterocycles. The molecule has 0 aliphatic heterocycles. The second-order valence-electron chi connectivity index (χ2n) is 7.12. The maximum Gasteiger partial charge on any atom is 0.272 e. The summed E-state index contributed by atoms with van der Waals surface area (Å²) in [5.74, 6) is -1.06. The first-order chi connectivity index (χ1) is 15.1. The van der Waals surface area contributed by atoms with E-state index in [2.05, 4.69) is 10.3 Å². The van der Waals surface area contributed by atoms with Crippen LogP contribution < -0.4 is 10.9 Å². The molecule has 3 aromatic heterocycles. The number of pyridine rings is 1. The molecular weight excluding hydrogens is 395 g/mol. The van der Waals surface area contributed by atoms with E-state index in [9.17, 15) is 14.0 Å². The van der Waals surface area contributed by atoms with Gasteiger partial charge in [0.2, 0.25) is 0 Å². The molecule has 2 aromatic carbocycles. The fourth-order valence-corrected chi connectivity index (χ4v) is 3.61. The number of anilines is 1. The van der Waals surface area contributed by atoms with E-state index in [1.807, 2.05) is 30.3 Å². The number of halogens is 1. The lowest BCUT2D eigenvalue weighted by Crippen LogP contribution is -2.18. The van der Waals surface area contributed by atoms with Crippen LogP contribution in [0.1, 0.15) is 16.1 Å². The summed E-state index contributed by atoms with van der Waals surface area (Å²) in [5, 5.41) is 2.92. The minimum atomic E-state index is -0.537. The molecular formula is C24H17FN4O2. The lowest BCUT2D eigenvalue weighted by molar-refractivity contribution is 0.101. The highest BCUT2D eigenvalue weighted by molar-refractivity contribution is 6.06. The molecule has 0 saturated carbocycles. The third kappa shape index (κ3) is 3.36. The predicted octanol–water partition coefficient (Wildman–Crippen LogP) is 4.09. The number of para-hydroxylation sites is 1. The fourth-order valence-electron chi connectivity index (χ4n) is 3.61. The van der Waals surface area contributed by atoms with Crippen LogP contribution >= 0.6 is 0 Å². The Bertz CT molecular complexity index is 1490. The molecule has 0 bridgehead atoms. The van der Waals surface area contributed by atoms with Crippen LogP contribution in [0.5, 0.6) is 0 Å². The summed E-state index contributed by atoms with van der Waals surface area (Å²) in [6.45, 7) is 0.333. The van der Waals surface area contributed by atoms with Gasteiger partial charge in [0, 0.05) is 12.7 Å². The van der Waals surface area contributed by atoms with Crippen molar-refractivity contribution >= 4 is 28.3 Å². The molecule has 0 spiro atoms. The molecule has 0 aliphatic carbocycles. The zero-order valence-electron chi connectivity index (χ0n) is 16.3. The average Bonchev–Trinajstić information content (AvgIpc) is 3.15. The minimum Gasteiger partial charge on any atom is -0.318 e. The Morgan fingerprint density at radius 2 is 1.71 bits per heavy atom. The van der Waals surface area contributed by atoms with E-state index in [-0.39, 0.29) is 16.9 Å². The third-order valence-corrected chi connectivity index (χ3v) is 5.11. The number of aromatic nitrogens is 3. The smallest absolute Gasteiger partial charge is 0.272 e. The van der Waals surface area contributed by atoms with Crippen molar-refractivity contribution in [1.29, 1.82) is 0 Å². The van der Waals surface area contributed by atoms with Crippen molar-refractivity contribution in [2.24, 2.45) is 0 Å². The molecule has 1 amide bonds. The second kappa shape index (κ2) is 7.53. The van der Waals surface area contributed by atoms with Gasteiger partial charge in [-0.3, -0.25) is 14.0 Å². The van der Waals surface area contributed by atoms with Gasteiger partial charge < -0.3 is 9.88 Å². The second-order valence-corrected chi connectivity index (χ2v) is 7.12. The van der Waals surface area contributed by atoms with Gasteiger partial charge in [-0.15, -0.1) is 0 Å². The number of hydrogen-bond acceptors (Lipinski definition) is 3. The molecule has 31 heavy (non-hydrogen) atoms. The quantitative estimate of drug-likeness (QED) is 0.484. The number of benzene rings is 2. The topological polar surface area (TPSA) is 68.4 Å². The Kier molecular flexibility index (Phi) is 4.55. The van der Waals surface area contributed by atoms with E-state index in [1.165, 1.54) is 22.6 Å². The number of carbonyl (C=O) groups is 1. The maximum absolute atomic E-state index is 14.1. The van der Waals surface area contributed by atoms with Gasteiger partial charge in [0.05, 0.1) is 11.1 Å². The molecule has 5 aromatic rings. The lowest BCUT2D eigenvalue weighted by Gasteiger charge is -2.11. The Balaban J connectivity index is 1.70. The zero-order chi connectivity index (χ0) is 21.4. The van der Waals surface area contributed by atoms with Gasteiger partial charge >= 0.3 is 0 Å². The molecule has 0 aliphatic rings. The number of nitrogens with one attached hydrogen (secondary N) is 1. The largest absolute Gasteiger partial charge is 0.318 e. The summed E-state index contributed by atoms with van der Waals surface area (Å²) < 4.78 is 17.2. The van der Waals surface area contributed by atoms with Gasteiger partial charge in [0.1, 0.15) is 22.8 Å². The van der Waals surface area contributed by atoms with Crippen LogP contribution in [0.2, 0.25) is 0 Å². The van der Waals surface area contributed by atoms with Crippen molar-refractivity contribution in [2.75, 3.05) is 5.32 Å². The van der Waals surface area contributed by atoms with Crippen LogP contribution in [-0.4, -0.2) is 19.9 Å². The van der Waals surface area contributed by atoms with Gasteiger partial charge in [0.15, 0.2) is 0 Å². The number of amides is 1. The Labute approximate surface area is 176 Å². The Hall–Kier alpha value is -4.26. The van der Waals surface area contributed by atoms with Crippen LogP contribution in [0, 0.1) is 5.82 Å². The number of rotatable bonds is 4. The predicted molar refractivity (Wildman–Crippen MR) is 117 cm³/mol. The highest BCUT2D eigenvalue weighted by atomic mass is 19.1. The first kappa shape index (κ1) is 18.7. The van der Waals surface area contributed by atoms with Crippen LogP contribution in [-0.2, 0) is 6.54 Å². The van der Waals surface area contributed by atoms with Crippen LogP contribution in [0.3, 0.4) is 0 Å². The molecule has 0 atom stereocenters. The van der Waals surface area contributed by atoms with Crippen molar-refractivity contribution in [3.8, 4) is 0 Å². The molecule has 5 rings (SSSR count). The minimum absolute atomic E-state index is 0.0684.